The molecule has 2 aliphatic heterocycles. The smallest absolute Gasteiger partial charge is 0.117 e. The first-order valence-electron chi connectivity index (χ1n) is 10.2. The monoisotopic (exact) mass is 375 g/mol. The molecule has 1 aromatic rings. The topological polar surface area (TPSA) is 18.5 Å². The molecule has 1 aromatic carbocycles. The van der Waals surface area contributed by atoms with Crippen molar-refractivity contribution < 1.29 is 0 Å². The normalized spacial score (nSPS) is 24.2. The van der Waals surface area contributed by atoms with Crippen LogP contribution in [0.3, 0.4) is 0 Å². The zero-order valence-corrected chi connectivity index (χ0v) is 17.4. The van der Waals surface area contributed by atoms with Gasteiger partial charge in [-0.05, 0) is 57.3 Å². The number of likely N-dealkylation sites (tertiary alicyclic amines) is 1. The number of alkyl halides is 1. The van der Waals surface area contributed by atoms with Crippen LogP contribution in [0.4, 0.5) is 0 Å². The molecule has 2 atom stereocenters. The highest BCUT2D eigenvalue weighted by Crippen LogP contribution is 2.44. The summed E-state index contributed by atoms with van der Waals surface area (Å²) >= 11 is 7.39. The van der Waals surface area contributed by atoms with E-state index in [1.165, 1.54) is 29.6 Å². The van der Waals surface area contributed by atoms with Crippen molar-refractivity contribution in [2.45, 2.75) is 51.1 Å². The molecule has 0 radical (unpaired) electrons. The second-order valence-corrected chi connectivity index (χ2v) is 8.53. The van der Waals surface area contributed by atoms with Gasteiger partial charge in [-0.1, -0.05) is 54.4 Å². The number of halogens is 1. The van der Waals surface area contributed by atoms with Gasteiger partial charge in [0, 0.05) is 26.2 Å². The van der Waals surface area contributed by atoms with E-state index in [0.717, 1.165) is 45.7 Å². The van der Waals surface area contributed by atoms with E-state index < -0.39 is 5.00 Å². The third kappa shape index (κ3) is 4.17. The Labute approximate surface area is 164 Å². The Morgan fingerprint density at radius 3 is 2.31 bits per heavy atom. The Kier molecular flexibility index (Phi) is 6.79. The van der Waals surface area contributed by atoms with Crippen molar-refractivity contribution in [3.63, 3.8) is 0 Å². The van der Waals surface area contributed by atoms with Crippen LogP contribution in [-0.2, 0) is 0 Å². The highest BCUT2D eigenvalue weighted by Gasteiger charge is 2.41. The number of rotatable bonds is 6. The lowest BCUT2D eigenvalue weighted by Gasteiger charge is -2.46. The molecule has 0 aromatic heterocycles. The third-order valence-corrected chi connectivity index (χ3v) is 6.53. The first-order valence-corrected chi connectivity index (χ1v) is 10.6. The largest absolute Gasteiger partial charge is 0.314 e. The molecule has 0 amide bonds. The van der Waals surface area contributed by atoms with E-state index in [1.807, 2.05) is 0 Å². The Bertz CT molecular complexity index is 599. The second kappa shape index (κ2) is 8.88. The van der Waals surface area contributed by atoms with Crippen LogP contribution in [0.2, 0.25) is 0 Å². The number of piperazine rings is 1. The Morgan fingerprint density at radius 1 is 1.12 bits per heavy atom. The molecule has 2 saturated heterocycles. The maximum absolute atomic E-state index is 7.39. The molecule has 2 aliphatic rings. The fourth-order valence-electron chi connectivity index (χ4n) is 4.51. The van der Waals surface area contributed by atoms with Crippen molar-refractivity contribution in [2.75, 3.05) is 39.3 Å². The second-order valence-electron chi connectivity index (χ2n) is 7.79. The third-order valence-electron chi connectivity index (χ3n) is 6.09. The van der Waals surface area contributed by atoms with Crippen LogP contribution in [0, 0.1) is 0 Å². The fraction of sp³-hybridized carbons (Fsp3) is 0.636. The standard InChI is InChI=1S/C22H34ClN3/c1-4-18(2)20(22(3,23)26-16-12-24-13-17-26)21(25-14-8-9-15-25)19-10-6-5-7-11-19/h5-7,10-11,21,24H,4,8-9,12-17H2,1-3H3/b20-18-. The lowest BCUT2D eigenvalue weighted by atomic mass is 9.86. The number of nitrogens with one attached hydrogen (secondary N) is 1. The minimum atomic E-state index is -0.453. The highest BCUT2D eigenvalue weighted by atomic mass is 35.5. The summed E-state index contributed by atoms with van der Waals surface area (Å²) in [6.07, 6.45) is 3.61. The zero-order chi connectivity index (χ0) is 18.6. The van der Waals surface area contributed by atoms with Gasteiger partial charge in [0.2, 0.25) is 0 Å². The van der Waals surface area contributed by atoms with E-state index in [9.17, 15) is 0 Å². The van der Waals surface area contributed by atoms with Gasteiger partial charge < -0.3 is 5.32 Å². The molecule has 0 saturated carbocycles. The van der Waals surface area contributed by atoms with Crippen molar-refractivity contribution in [1.29, 1.82) is 0 Å². The number of hydrogen-bond donors (Lipinski definition) is 1. The Balaban J connectivity index is 2.06. The van der Waals surface area contributed by atoms with Crippen LogP contribution >= 0.6 is 11.6 Å². The van der Waals surface area contributed by atoms with Crippen molar-refractivity contribution in [2.24, 2.45) is 0 Å². The first-order chi connectivity index (χ1) is 12.6. The summed E-state index contributed by atoms with van der Waals surface area (Å²) in [7, 11) is 0. The summed E-state index contributed by atoms with van der Waals surface area (Å²) in [5.74, 6) is 0. The van der Waals surface area contributed by atoms with Crippen LogP contribution < -0.4 is 5.32 Å². The van der Waals surface area contributed by atoms with Crippen LogP contribution in [-0.4, -0.2) is 54.1 Å². The molecule has 2 unspecified atom stereocenters. The van der Waals surface area contributed by atoms with Gasteiger partial charge in [0.1, 0.15) is 5.00 Å². The molecule has 2 heterocycles. The minimum absolute atomic E-state index is 0.274. The summed E-state index contributed by atoms with van der Waals surface area (Å²) in [5, 5.41) is 3.46. The van der Waals surface area contributed by atoms with Crippen LogP contribution in [0.5, 0.6) is 0 Å². The van der Waals surface area contributed by atoms with Gasteiger partial charge in [0.15, 0.2) is 0 Å². The predicted octanol–water partition coefficient (Wildman–Crippen LogP) is 4.41. The van der Waals surface area contributed by atoms with Crippen molar-refractivity contribution in [3.05, 3.63) is 47.0 Å². The van der Waals surface area contributed by atoms with Crippen molar-refractivity contribution in [3.8, 4) is 0 Å². The number of nitrogens with zero attached hydrogens (tertiary/aromatic N) is 2. The van der Waals surface area contributed by atoms with E-state index >= 15 is 0 Å². The molecular weight excluding hydrogens is 342 g/mol. The maximum atomic E-state index is 7.39. The number of benzene rings is 1. The van der Waals surface area contributed by atoms with E-state index in [1.54, 1.807) is 0 Å². The zero-order valence-electron chi connectivity index (χ0n) is 16.6. The average molecular weight is 376 g/mol. The molecule has 3 rings (SSSR count). The molecule has 144 valence electrons. The van der Waals surface area contributed by atoms with Crippen LogP contribution in [0.15, 0.2) is 41.5 Å². The summed E-state index contributed by atoms with van der Waals surface area (Å²) in [6.45, 7) is 13.1. The van der Waals surface area contributed by atoms with Gasteiger partial charge in [-0.15, -0.1) is 0 Å². The van der Waals surface area contributed by atoms with Crippen LogP contribution in [0.25, 0.3) is 0 Å². The molecule has 1 N–H and O–H groups in total. The molecule has 0 aliphatic carbocycles. The van der Waals surface area contributed by atoms with Gasteiger partial charge in [-0.3, -0.25) is 9.80 Å². The maximum Gasteiger partial charge on any atom is 0.117 e. The van der Waals surface area contributed by atoms with Gasteiger partial charge in [0.25, 0.3) is 0 Å². The highest BCUT2D eigenvalue weighted by molar-refractivity contribution is 6.25. The van der Waals surface area contributed by atoms with Crippen molar-refractivity contribution in [1.82, 2.24) is 15.1 Å². The van der Waals surface area contributed by atoms with E-state index in [0.29, 0.717) is 0 Å². The molecule has 0 spiro atoms. The molecule has 3 nitrogen and oxygen atoms in total. The quantitative estimate of drug-likeness (QED) is 0.451. The fourth-order valence-corrected chi connectivity index (χ4v) is 4.95. The van der Waals surface area contributed by atoms with Gasteiger partial charge in [-0.2, -0.15) is 0 Å². The number of allylic oxidation sites excluding steroid dienone is 1. The summed E-state index contributed by atoms with van der Waals surface area (Å²) in [5.41, 5.74) is 4.21. The van der Waals surface area contributed by atoms with Gasteiger partial charge in [-0.25, -0.2) is 0 Å². The van der Waals surface area contributed by atoms with Crippen molar-refractivity contribution >= 4 is 11.6 Å². The molecule has 26 heavy (non-hydrogen) atoms. The van der Waals surface area contributed by atoms with Crippen LogP contribution in [0.1, 0.15) is 51.6 Å². The molecule has 0 bridgehead atoms. The van der Waals surface area contributed by atoms with Gasteiger partial charge in [0.05, 0.1) is 6.04 Å². The Morgan fingerprint density at radius 2 is 1.73 bits per heavy atom. The van der Waals surface area contributed by atoms with E-state index in [2.05, 4.69) is 66.2 Å². The van der Waals surface area contributed by atoms with Gasteiger partial charge >= 0.3 is 0 Å². The summed E-state index contributed by atoms with van der Waals surface area (Å²) in [6, 6.07) is 11.3. The lowest BCUT2D eigenvalue weighted by Crippen LogP contribution is -2.54. The van der Waals surface area contributed by atoms with E-state index in [4.69, 9.17) is 11.6 Å². The molecular formula is C22H34ClN3. The molecule has 4 heteroatoms. The first kappa shape index (κ1) is 19.9. The number of hydrogen-bond acceptors (Lipinski definition) is 3. The average Bonchev–Trinajstić information content (AvgIpc) is 3.21. The Hall–Kier alpha value is -0.870. The van der Waals surface area contributed by atoms with E-state index in [-0.39, 0.29) is 6.04 Å². The minimum Gasteiger partial charge on any atom is -0.314 e. The lowest BCUT2D eigenvalue weighted by molar-refractivity contribution is 0.153. The predicted molar refractivity (Wildman–Crippen MR) is 112 cm³/mol. The summed E-state index contributed by atoms with van der Waals surface area (Å²) in [4.78, 5) is 4.66. The SMILES string of the molecule is CC/C(C)=C(/C(c1ccccc1)N1CCCC1)C(C)(Cl)N1CCNCC1. The molecule has 2 fully saturated rings. The summed E-state index contributed by atoms with van der Waals surface area (Å²) < 4.78 is 0.